The zero-order chi connectivity index (χ0) is 15.6. The van der Waals surface area contributed by atoms with Crippen molar-refractivity contribution in [2.45, 2.75) is 43.2 Å². The maximum Gasteiger partial charge on any atom is 0.175 e. The number of piperidine rings is 1. The van der Waals surface area contributed by atoms with Crippen LogP contribution < -0.4 is 5.32 Å². The molecule has 0 aromatic heterocycles. The van der Waals surface area contributed by atoms with Gasteiger partial charge in [-0.15, -0.1) is 0 Å². The van der Waals surface area contributed by atoms with E-state index in [1.807, 2.05) is 12.1 Å². The highest BCUT2D eigenvalue weighted by molar-refractivity contribution is 7.90. The molecule has 1 heterocycles. The summed E-state index contributed by atoms with van der Waals surface area (Å²) >= 11 is 0. The van der Waals surface area contributed by atoms with Gasteiger partial charge in [-0.3, -0.25) is 4.90 Å². The van der Waals surface area contributed by atoms with Crippen LogP contribution in [0.15, 0.2) is 29.2 Å². The Balaban J connectivity index is 1.54. The normalized spacial score (nSPS) is 21.1. The summed E-state index contributed by atoms with van der Waals surface area (Å²) in [6, 6.07) is 8.02. The van der Waals surface area contributed by atoms with E-state index in [2.05, 4.69) is 10.2 Å². The SMILES string of the molecule is CS(=O)(=O)c1ccccc1CN1CCC(NCC2CC2)CC1. The number of rotatable bonds is 6. The molecule has 0 bridgehead atoms. The van der Waals surface area contributed by atoms with Gasteiger partial charge in [0, 0.05) is 18.8 Å². The highest BCUT2D eigenvalue weighted by Gasteiger charge is 2.25. The zero-order valence-corrected chi connectivity index (χ0v) is 14.1. The van der Waals surface area contributed by atoms with Gasteiger partial charge in [0.05, 0.1) is 4.90 Å². The molecule has 2 aliphatic rings. The number of likely N-dealkylation sites (tertiary alicyclic amines) is 1. The third-order valence-electron chi connectivity index (χ3n) is 4.75. The summed E-state index contributed by atoms with van der Waals surface area (Å²) in [5, 5.41) is 3.68. The predicted molar refractivity (Wildman–Crippen MR) is 88.6 cm³/mol. The van der Waals surface area contributed by atoms with E-state index in [9.17, 15) is 8.42 Å². The Bertz CT molecular complexity index is 603. The summed E-state index contributed by atoms with van der Waals surface area (Å²) in [7, 11) is -3.15. The van der Waals surface area contributed by atoms with Gasteiger partial charge in [0.25, 0.3) is 0 Å². The van der Waals surface area contributed by atoms with Gasteiger partial charge in [-0.05, 0) is 62.9 Å². The fraction of sp³-hybridized carbons (Fsp3) is 0.647. The lowest BCUT2D eigenvalue weighted by molar-refractivity contribution is 0.189. The van der Waals surface area contributed by atoms with Crippen molar-refractivity contribution in [2.24, 2.45) is 5.92 Å². The topological polar surface area (TPSA) is 49.4 Å². The second-order valence-electron chi connectivity index (χ2n) is 6.78. The molecule has 22 heavy (non-hydrogen) atoms. The van der Waals surface area contributed by atoms with Crippen LogP contribution in [0.2, 0.25) is 0 Å². The Morgan fingerprint density at radius 3 is 2.45 bits per heavy atom. The van der Waals surface area contributed by atoms with Gasteiger partial charge in [-0.2, -0.15) is 0 Å². The molecule has 1 N–H and O–H groups in total. The minimum absolute atomic E-state index is 0.476. The number of sulfone groups is 1. The Kier molecular flexibility index (Phi) is 4.85. The molecule has 3 rings (SSSR count). The summed E-state index contributed by atoms with van der Waals surface area (Å²) in [5.74, 6) is 0.930. The highest BCUT2D eigenvalue weighted by atomic mass is 32.2. The van der Waals surface area contributed by atoms with E-state index in [0.717, 1.165) is 44.0 Å². The van der Waals surface area contributed by atoms with Crippen molar-refractivity contribution in [3.63, 3.8) is 0 Å². The van der Waals surface area contributed by atoms with Gasteiger partial charge < -0.3 is 5.32 Å². The monoisotopic (exact) mass is 322 g/mol. The van der Waals surface area contributed by atoms with E-state index in [0.29, 0.717) is 10.9 Å². The predicted octanol–water partition coefficient (Wildman–Crippen LogP) is 2.05. The molecule has 1 aromatic rings. The molecule has 0 spiro atoms. The van der Waals surface area contributed by atoms with E-state index in [4.69, 9.17) is 0 Å². The number of nitrogens with zero attached hydrogens (tertiary/aromatic N) is 1. The number of nitrogens with one attached hydrogen (secondary N) is 1. The fourth-order valence-corrected chi connectivity index (χ4v) is 4.12. The van der Waals surface area contributed by atoms with Gasteiger partial charge in [-0.25, -0.2) is 8.42 Å². The molecule has 2 fully saturated rings. The fourth-order valence-electron chi connectivity index (χ4n) is 3.19. The summed E-state index contributed by atoms with van der Waals surface area (Å²) in [6.07, 6.45) is 6.41. The molecule has 1 saturated carbocycles. The first-order valence-corrected chi connectivity index (χ1v) is 10.2. The lowest BCUT2D eigenvalue weighted by Crippen LogP contribution is -2.42. The molecular formula is C17H26N2O2S. The quantitative estimate of drug-likeness (QED) is 0.871. The molecule has 0 atom stereocenters. The van der Waals surface area contributed by atoms with Crippen LogP contribution in [0, 0.1) is 5.92 Å². The van der Waals surface area contributed by atoms with Crippen LogP contribution >= 0.6 is 0 Å². The number of hydrogen-bond acceptors (Lipinski definition) is 4. The molecule has 5 heteroatoms. The zero-order valence-electron chi connectivity index (χ0n) is 13.3. The van der Waals surface area contributed by atoms with Crippen molar-refractivity contribution in [1.29, 1.82) is 0 Å². The molecular weight excluding hydrogens is 296 g/mol. The largest absolute Gasteiger partial charge is 0.314 e. The van der Waals surface area contributed by atoms with Crippen LogP contribution in [0.25, 0.3) is 0 Å². The van der Waals surface area contributed by atoms with Gasteiger partial charge >= 0.3 is 0 Å². The highest BCUT2D eigenvalue weighted by Crippen LogP contribution is 2.28. The van der Waals surface area contributed by atoms with Gasteiger partial charge in [0.15, 0.2) is 9.84 Å². The van der Waals surface area contributed by atoms with Crippen molar-refractivity contribution in [3.8, 4) is 0 Å². The van der Waals surface area contributed by atoms with E-state index in [1.54, 1.807) is 12.1 Å². The first kappa shape index (κ1) is 16.0. The Morgan fingerprint density at radius 2 is 1.82 bits per heavy atom. The van der Waals surface area contributed by atoms with Crippen LogP contribution in [0.4, 0.5) is 0 Å². The second-order valence-corrected chi connectivity index (χ2v) is 8.77. The first-order chi connectivity index (χ1) is 10.5. The second kappa shape index (κ2) is 6.69. The molecule has 0 unspecified atom stereocenters. The Labute approximate surface area is 133 Å². The van der Waals surface area contributed by atoms with Crippen molar-refractivity contribution in [1.82, 2.24) is 10.2 Å². The summed E-state index contributed by atoms with van der Waals surface area (Å²) in [6.45, 7) is 4.00. The Morgan fingerprint density at radius 1 is 1.14 bits per heavy atom. The van der Waals surface area contributed by atoms with Crippen LogP contribution in [0.5, 0.6) is 0 Å². The lowest BCUT2D eigenvalue weighted by Gasteiger charge is -2.32. The standard InChI is InChI=1S/C17H26N2O2S/c1-22(20,21)17-5-3-2-4-15(17)13-19-10-8-16(9-11-19)18-12-14-6-7-14/h2-5,14,16,18H,6-13H2,1H3. The van der Waals surface area contributed by atoms with E-state index in [-0.39, 0.29) is 0 Å². The third kappa shape index (κ3) is 4.31. The Hall–Kier alpha value is -0.910. The summed E-state index contributed by atoms with van der Waals surface area (Å²) in [4.78, 5) is 2.85. The van der Waals surface area contributed by atoms with E-state index in [1.165, 1.54) is 25.6 Å². The van der Waals surface area contributed by atoms with Gasteiger partial charge in [0.2, 0.25) is 0 Å². The minimum atomic E-state index is -3.15. The minimum Gasteiger partial charge on any atom is -0.314 e. The molecule has 0 radical (unpaired) electrons. The summed E-state index contributed by atoms with van der Waals surface area (Å²) in [5.41, 5.74) is 0.925. The first-order valence-electron chi connectivity index (χ1n) is 8.26. The third-order valence-corrected chi connectivity index (χ3v) is 5.94. The molecule has 1 saturated heterocycles. The van der Waals surface area contributed by atoms with Crippen LogP contribution in [0.1, 0.15) is 31.2 Å². The van der Waals surface area contributed by atoms with Crippen molar-refractivity contribution < 1.29 is 8.42 Å². The smallest absolute Gasteiger partial charge is 0.175 e. The van der Waals surface area contributed by atoms with E-state index >= 15 is 0 Å². The van der Waals surface area contributed by atoms with E-state index < -0.39 is 9.84 Å². The summed E-state index contributed by atoms with van der Waals surface area (Å²) < 4.78 is 23.7. The van der Waals surface area contributed by atoms with Gasteiger partial charge in [0.1, 0.15) is 0 Å². The molecule has 1 aromatic carbocycles. The maximum atomic E-state index is 11.9. The number of benzene rings is 1. The average molecular weight is 322 g/mol. The molecule has 0 amide bonds. The molecule has 4 nitrogen and oxygen atoms in total. The van der Waals surface area contributed by atoms with Gasteiger partial charge in [-0.1, -0.05) is 18.2 Å². The molecule has 1 aliphatic heterocycles. The maximum absolute atomic E-state index is 11.9. The lowest BCUT2D eigenvalue weighted by atomic mass is 10.0. The van der Waals surface area contributed by atoms with Crippen molar-refractivity contribution in [3.05, 3.63) is 29.8 Å². The van der Waals surface area contributed by atoms with Crippen LogP contribution in [0.3, 0.4) is 0 Å². The molecule has 122 valence electrons. The number of hydrogen-bond donors (Lipinski definition) is 1. The molecule has 1 aliphatic carbocycles. The van der Waals surface area contributed by atoms with Crippen LogP contribution in [-0.2, 0) is 16.4 Å². The average Bonchev–Trinajstić information content (AvgIpc) is 3.30. The van der Waals surface area contributed by atoms with Crippen molar-refractivity contribution in [2.75, 3.05) is 25.9 Å². The van der Waals surface area contributed by atoms with Crippen LogP contribution in [-0.4, -0.2) is 45.2 Å². The van der Waals surface area contributed by atoms with Crippen molar-refractivity contribution >= 4 is 9.84 Å².